The zero-order valence-corrected chi connectivity index (χ0v) is 14.9. The Morgan fingerprint density at radius 2 is 1.78 bits per heavy atom. The average molecular weight is 382 g/mol. The number of halogens is 3. The summed E-state index contributed by atoms with van der Waals surface area (Å²) in [5.41, 5.74) is 0.354. The molecule has 1 aromatic heterocycles. The molecule has 0 radical (unpaired) electrons. The predicted molar refractivity (Wildman–Crippen MR) is 92.4 cm³/mol. The lowest BCUT2D eigenvalue weighted by Gasteiger charge is -2.34. The Labute approximate surface area is 155 Å². The number of amides is 1. The van der Waals surface area contributed by atoms with Crippen molar-refractivity contribution in [2.45, 2.75) is 19.8 Å². The largest absolute Gasteiger partial charge is 0.573 e. The van der Waals surface area contributed by atoms with E-state index in [4.69, 9.17) is 0 Å². The highest BCUT2D eigenvalue weighted by Crippen LogP contribution is 2.23. The van der Waals surface area contributed by atoms with E-state index in [1.165, 1.54) is 12.1 Å². The molecule has 2 aromatic rings. The van der Waals surface area contributed by atoms with Gasteiger partial charge in [-0.25, -0.2) is 4.98 Å². The number of aryl methyl sites for hydroxylation is 1. The summed E-state index contributed by atoms with van der Waals surface area (Å²) in [6.45, 7) is 6.37. The van der Waals surface area contributed by atoms with Gasteiger partial charge in [0.1, 0.15) is 11.6 Å². The van der Waals surface area contributed by atoms with Crippen LogP contribution in [0.3, 0.4) is 0 Å². The second-order valence-corrected chi connectivity index (χ2v) is 6.37. The zero-order valence-electron chi connectivity index (χ0n) is 14.9. The van der Waals surface area contributed by atoms with Crippen molar-refractivity contribution in [2.24, 2.45) is 0 Å². The molecule has 1 aromatic carbocycles. The van der Waals surface area contributed by atoms with Crippen molar-refractivity contribution >= 4 is 5.91 Å². The summed E-state index contributed by atoms with van der Waals surface area (Å²) >= 11 is 0. The first-order valence-corrected chi connectivity index (χ1v) is 8.67. The van der Waals surface area contributed by atoms with Crippen LogP contribution in [0.15, 0.2) is 36.7 Å². The monoisotopic (exact) mass is 382 g/mol. The lowest BCUT2D eigenvalue weighted by Crippen LogP contribution is -2.49. The van der Waals surface area contributed by atoms with E-state index >= 15 is 0 Å². The van der Waals surface area contributed by atoms with Crippen LogP contribution >= 0.6 is 0 Å². The lowest BCUT2D eigenvalue weighted by atomic mass is 10.1. The van der Waals surface area contributed by atoms with E-state index in [0.717, 1.165) is 44.1 Å². The van der Waals surface area contributed by atoms with Gasteiger partial charge in [-0.05, 0) is 31.2 Å². The quantitative estimate of drug-likeness (QED) is 0.798. The van der Waals surface area contributed by atoms with Crippen LogP contribution in [0.1, 0.15) is 16.2 Å². The third-order valence-electron chi connectivity index (χ3n) is 4.58. The molecule has 0 saturated carbocycles. The molecule has 3 rings (SSSR count). The maximum absolute atomic E-state index is 12.5. The first-order valence-electron chi connectivity index (χ1n) is 8.67. The maximum atomic E-state index is 12.5. The zero-order chi connectivity index (χ0) is 19.4. The summed E-state index contributed by atoms with van der Waals surface area (Å²) in [6, 6.07) is 5.03. The Morgan fingerprint density at radius 3 is 2.33 bits per heavy atom. The van der Waals surface area contributed by atoms with Crippen molar-refractivity contribution in [3.63, 3.8) is 0 Å². The third-order valence-corrected chi connectivity index (χ3v) is 4.58. The van der Waals surface area contributed by atoms with Crippen molar-refractivity contribution in [3.05, 3.63) is 48.0 Å². The highest BCUT2D eigenvalue weighted by Gasteiger charge is 2.31. The Balaban J connectivity index is 1.48. The first kappa shape index (κ1) is 19.2. The van der Waals surface area contributed by atoms with E-state index in [9.17, 15) is 18.0 Å². The molecule has 1 aliphatic heterocycles. The van der Waals surface area contributed by atoms with E-state index in [1.807, 2.05) is 13.1 Å². The molecule has 2 heterocycles. The van der Waals surface area contributed by atoms with Crippen LogP contribution in [0.4, 0.5) is 13.2 Å². The minimum absolute atomic E-state index is 0.182. The van der Waals surface area contributed by atoms with E-state index in [-0.39, 0.29) is 11.7 Å². The topological polar surface area (TPSA) is 50.6 Å². The summed E-state index contributed by atoms with van der Waals surface area (Å²) in [7, 11) is 0. The van der Waals surface area contributed by atoms with Gasteiger partial charge in [0.25, 0.3) is 5.91 Å². The molecule has 6 nitrogen and oxygen atoms in total. The molecule has 1 amide bonds. The molecular weight excluding hydrogens is 361 g/mol. The Bertz CT molecular complexity index is 766. The SMILES string of the molecule is Cc1nccn1CCN1CCN(C(=O)c2ccc(OC(F)(F)F)cc2)CC1. The molecule has 1 aliphatic rings. The molecule has 0 bridgehead atoms. The molecule has 1 saturated heterocycles. The Kier molecular flexibility index (Phi) is 5.69. The number of hydrogen-bond acceptors (Lipinski definition) is 4. The van der Waals surface area contributed by atoms with E-state index in [2.05, 4.69) is 19.2 Å². The van der Waals surface area contributed by atoms with Gasteiger partial charge < -0.3 is 14.2 Å². The summed E-state index contributed by atoms with van der Waals surface area (Å²) in [4.78, 5) is 20.7. The van der Waals surface area contributed by atoms with Crippen LogP contribution in [0.5, 0.6) is 5.75 Å². The van der Waals surface area contributed by atoms with Gasteiger partial charge in [-0.15, -0.1) is 13.2 Å². The smallest absolute Gasteiger partial charge is 0.406 e. The number of alkyl halides is 3. The number of hydrogen-bond donors (Lipinski definition) is 0. The van der Waals surface area contributed by atoms with Gasteiger partial charge in [0.05, 0.1) is 0 Å². The predicted octanol–water partition coefficient (Wildman–Crippen LogP) is 2.55. The number of rotatable bonds is 5. The third kappa shape index (κ3) is 5.22. The number of ether oxygens (including phenoxy) is 1. The first-order chi connectivity index (χ1) is 12.8. The van der Waals surface area contributed by atoms with Gasteiger partial charge in [0.15, 0.2) is 0 Å². The standard InChI is InChI=1S/C18H21F3N4O2/c1-14-22-6-7-24(14)11-8-23-9-12-25(13-10-23)17(26)15-2-4-16(5-3-15)27-18(19,20)21/h2-7H,8-13H2,1H3. The fraction of sp³-hybridized carbons (Fsp3) is 0.444. The summed E-state index contributed by atoms with van der Waals surface area (Å²) < 4.78 is 42.5. The van der Waals surface area contributed by atoms with Gasteiger partial charge in [-0.3, -0.25) is 9.69 Å². The Hall–Kier alpha value is -2.55. The lowest BCUT2D eigenvalue weighted by molar-refractivity contribution is -0.274. The van der Waals surface area contributed by atoms with Crippen LogP contribution in [0.2, 0.25) is 0 Å². The minimum Gasteiger partial charge on any atom is -0.406 e. The molecule has 9 heteroatoms. The molecule has 0 aliphatic carbocycles. The van der Waals surface area contributed by atoms with Gasteiger partial charge >= 0.3 is 6.36 Å². The molecule has 0 spiro atoms. The Morgan fingerprint density at radius 1 is 1.11 bits per heavy atom. The summed E-state index contributed by atoms with van der Waals surface area (Å²) in [6.07, 6.45) is -1.02. The second-order valence-electron chi connectivity index (χ2n) is 6.37. The maximum Gasteiger partial charge on any atom is 0.573 e. The minimum atomic E-state index is -4.74. The normalized spacial score (nSPS) is 15.8. The van der Waals surface area contributed by atoms with E-state index in [1.54, 1.807) is 11.1 Å². The van der Waals surface area contributed by atoms with Crippen molar-refractivity contribution in [1.29, 1.82) is 0 Å². The molecule has 0 N–H and O–H groups in total. The molecule has 1 fully saturated rings. The summed E-state index contributed by atoms with van der Waals surface area (Å²) in [5, 5.41) is 0. The number of carbonyl (C=O) groups excluding carboxylic acids is 1. The van der Waals surface area contributed by atoms with Crippen molar-refractivity contribution < 1.29 is 22.7 Å². The van der Waals surface area contributed by atoms with Crippen LogP contribution in [0, 0.1) is 6.92 Å². The van der Waals surface area contributed by atoms with E-state index < -0.39 is 6.36 Å². The fourth-order valence-electron chi connectivity index (χ4n) is 3.05. The van der Waals surface area contributed by atoms with E-state index in [0.29, 0.717) is 18.7 Å². The molecule has 146 valence electrons. The number of nitrogens with zero attached hydrogens (tertiary/aromatic N) is 4. The van der Waals surface area contributed by atoms with Gasteiger partial charge in [-0.1, -0.05) is 0 Å². The number of benzene rings is 1. The van der Waals surface area contributed by atoms with Gasteiger partial charge in [-0.2, -0.15) is 0 Å². The van der Waals surface area contributed by atoms with Crippen LogP contribution < -0.4 is 4.74 Å². The average Bonchev–Trinajstić information content (AvgIpc) is 3.04. The van der Waals surface area contributed by atoms with Crippen LogP contribution in [-0.4, -0.2) is 64.3 Å². The molecule has 0 unspecified atom stereocenters. The molecule has 0 atom stereocenters. The molecule has 27 heavy (non-hydrogen) atoms. The van der Waals surface area contributed by atoms with Gasteiger partial charge in [0.2, 0.25) is 0 Å². The number of aromatic nitrogens is 2. The number of carbonyl (C=O) groups is 1. The highest BCUT2D eigenvalue weighted by molar-refractivity contribution is 5.94. The number of imidazole rings is 1. The molecular formula is C18H21F3N4O2. The van der Waals surface area contributed by atoms with Gasteiger partial charge in [0, 0.05) is 57.2 Å². The van der Waals surface area contributed by atoms with Crippen LogP contribution in [0.25, 0.3) is 0 Å². The fourth-order valence-corrected chi connectivity index (χ4v) is 3.05. The van der Waals surface area contributed by atoms with Crippen LogP contribution in [-0.2, 0) is 6.54 Å². The van der Waals surface area contributed by atoms with Crippen molar-refractivity contribution in [2.75, 3.05) is 32.7 Å². The van der Waals surface area contributed by atoms with Crippen molar-refractivity contribution in [1.82, 2.24) is 19.4 Å². The summed E-state index contributed by atoms with van der Waals surface area (Å²) in [5.74, 6) is 0.457. The highest BCUT2D eigenvalue weighted by atomic mass is 19.4. The number of piperazine rings is 1. The van der Waals surface area contributed by atoms with Crippen molar-refractivity contribution in [3.8, 4) is 5.75 Å². The second kappa shape index (κ2) is 7.99.